The minimum Gasteiger partial charge on any atom is -0.514 e. The Bertz CT molecular complexity index is 893. The molecular weight excluding hydrogens is 634 g/mol. The molecule has 1 aliphatic rings. The van der Waals surface area contributed by atoms with E-state index in [0.717, 1.165) is 37.0 Å². The van der Waals surface area contributed by atoms with Crippen molar-refractivity contribution in [3.8, 4) is 22.6 Å². The van der Waals surface area contributed by atoms with E-state index >= 15 is 0 Å². The fourth-order valence-corrected chi connectivity index (χ4v) is 3.05. The van der Waals surface area contributed by atoms with Gasteiger partial charge in [0.1, 0.15) is 5.75 Å². The molecule has 28 heavy (non-hydrogen) atoms. The Morgan fingerprint density at radius 1 is 1.11 bits per heavy atom. The molecule has 1 atom stereocenters. The van der Waals surface area contributed by atoms with Crippen molar-refractivity contribution in [1.29, 1.82) is 0 Å². The molecule has 0 heterocycles. The van der Waals surface area contributed by atoms with Gasteiger partial charge in [-0.15, -0.1) is 36.9 Å². The molecule has 2 aromatic rings. The molecule has 0 amide bonds. The molecule has 0 saturated heterocycles. The smallest absolute Gasteiger partial charge is 0.514 e. The average Bonchev–Trinajstić information content (AvgIpc) is 2.59. The molecule has 1 unspecified atom stereocenters. The van der Waals surface area contributed by atoms with Crippen molar-refractivity contribution in [2.75, 3.05) is 0 Å². The van der Waals surface area contributed by atoms with Crippen LogP contribution in [0.1, 0.15) is 31.7 Å². The van der Waals surface area contributed by atoms with E-state index in [9.17, 15) is 27.1 Å². The largest absolute Gasteiger partial charge is 0.573 e. The minimum absolute atomic E-state index is 0. The molecule has 0 saturated carbocycles. The quantitative estimate of drug-likeness (QED) is 0.315. The number of allylic oxidation sites excluding steroid dienone is 2. The van der Waals surface area contributed by atoms with Crippen molar-refractivity contribution < 1.29 is 31.8 Å². The first-order chi connectivity index (χ1) is 12.7. The van der Waals surface area contributed by atoms with Crippen LogP contribution in [0.4, 0.5) is 22.0 Å². The number of alkyl halides is 3. The van der Waals surface area contributed by atoms with Gasteiger partial charge in [-0.25, -0.2) is 4.39 Å². The van der Waals surface area contributed by atoms with Crippen LogP contribution in [0.2, 0.25) is 0 Å². The Hall–Kier alpha value is -3.57. The van der Waals surface area contributed by atoms with E-state index in [-0.39, 0.29) is 11.1 Å². The summed E-state index contributed by atoms with van der Waals surface area (Å²) in [5.41, 5.74) is 1.08. The van der Waals surface area contributed by atoms with E-state index in [0.29, 0.717) is 11.5 Å². The second-order valence-electron chi connectivity index (χ2n) is 6.53. The van der Waals surface area contributed by atoms with Gasteiger partial charge < -0.3 is 9.84 Å². The molecule has 1 aliphatic carbocycles. The molecule has 0 bridgehead atoms. The van der Waals surface area contributed by atoms with E-state index in [1.165, 1.54) is 12.1 Å². The first kappa shape index (κ1) is 20.7. The van der Waals surface area contributed by atoms with Gasteiger partial charge in [0.05, 0.1) is 0 Å². The minimum atomic E-state index is -5.10. The summed E-state index contributed by atoms with van der Waals surface area (Å²) in [6.45, 7) is 2.11. The summed E-state index contributed by atoms with van der Waals surface area (Å²) in [6.07, 6.45) is -0.599. The summed E-state index contributed by atoms with van der Waals surface area (Å²) >= 11 is 0. The predicted octanol–water partition coefficient (Wildman–Crippen LogP) is 6.24. The number of hydrogen-bond donors (Lipinski definition) is 1. The monoisotopic (exact) mass is 650 g/mol. The van der Waals surface area contributed by atoms with E-state index in [2.05, 4.69) is 17.7 Å². The molecule has 0 fully saturated rings. The van der Waals surface area contributed by atoms with Gasteiger partial charge >= 0.3 is 6.36 Å². The van der Waals surface area contributed by atoms with Crippen molar-refractivity contribution in [3.05, 3.63) is 53.6 Å². The molecule has 0 aliphatic heterocycles. The maximum atomic E-state index is 14.5. The topological polar surface area (TPSA) is 29.5 Å². The summed E-state index contributed by atoms with van der Waals surface area (Å²) in [7, 11) is 0. The second-order valence-corrected chi connectivity index (χ2v) is 6.53. The molecule has 0 radical (unpaired) electrons. The molecule has 0 spiro atoms. The number of halogens is 5. The molecule has 2 nitrogen and oxygen atoms in total. The van der Waals surface area contributed by atoms with Crippen LogP contribution in [0.3, 0.4) is 0 Å². The summed E-state index contributed by atoms with van der Waals surface area (Å²) in [5, 5.41) is 9.89. The Labute approximate surface area is 152 Å². The Morgan fingerprint density at radius 2 is 1.79 bits per heavy atom. The average molecular weight is 650 g/mol. The number of phenolic OH excluding ortho intramolecular Hbond substituents is 1. The Kier molecular flexibility index (Phi) is 5.62. The number of rotatable bonds is 3. The van der Waals surface area contributed by atoms with Gasteiger partial charge in [0.25, 0.3) is 0 Å². The zero-order valence-electron chi connectivity index (χ0n) is 15.0. The maximum absolute atomic E-state index is 14.5. The third-order valence-corrected chi connectivity index (χ3v) is 4.51. The van der Waals surface area contributed by atoms with Gasteiger partial charge in [-0.2, -0.15) is 4.39 Å². The van der Waals surface area contributed by atoms with Crippen LogP contribution in [0.15, 0.2) is 30.3 Å². The normalized spacial score (nSPS) is 16.9. The number of phenols is 1. The Morgan fingerprint density at radius 3 is 2.36 bits per heavy atom. The van der Waals surface area contributed by atoms with Crippen LogP contribution in [0.5, 0.6) is 11.5 Å². The van der Waals surface area contributed by atoms with Crippen LogP contribution < -0.4 is 4.74 Å². The van der Waals surface area contributed by atoms with Gasteiger partial charge in [0.2, 0.25) is 0 Å². The maximum Gasteiger partial charge on any atom is 0.573 e. The summed E-state index contributed by atoms with van der Waals surface area (Å²) in [5.74, 6) is -3.93. The van der Waals surface area contributed by atoms with Crippen molar-refractivity contribution >= 4 is 5.57 Å². The first-order valence-electron chi connectivity index (χ1n) is 8.34. The van der Waals surface area contributed by atoms with Gasteiger partial charge in [-0.3, -0.25) is 0 Å². The molecule has 1 N–H and O–H groups in total. The SMILES string of the molecule is CC1CC=C(c2ccc(-c3ccc(OC(F)(F)F)c(F)c3O)[c-]c2F)CC1.[Rf]. The van der Waals surface area contributed by atoms with Crippen molar-refractivity contribution in [2.24, 2.45) is 5.92 Å². The molecule has 0 aromatic heterocycles. The first-order valence-corrected chi connectivity index (χ1v) is 8.34. The molecule has 8 heteroatoms. The second kappa shape index (κ2) is 7.58. The van der Waals surface area contributed by atoms with E-state index in [4.69, 9.17) is 0 Å². The zero-order chi connectivity index (χ0) is 19.8. The Balaban J connectivity index is 0.00000280. The molecule has 146 valence electrons. The van der Waals surface area contributed by atoms with E-state index < -0.39 is 29.5 Å². The van der Waals surface area contributed by atoms with Crippen molar-refractivity contribution in [2.45, 2.75) is 32.5 Å². The summed E-state index contributed by atoms with van der Waals surface area (Å²) in [4.78, 5) is 0. The van der Waals surface area contributed by atoms with Gasteiger partial charge in [-0.05, 0) is 31.2 Å². The van der Waals surface area contributed by atoms with Crippen LogP contribution in [0.25, 0.3) is 16.7 Å². The van der Waals surface area contributed by atoms with Gasteiger partial charge in [0.15, 0.2) is 11.6 Å². The third-order valence-electron chi connectivity index (χ3n) is 4.51. The van der Waals surface area contributed by atoms with E-state index in [1.807, 2.05) is 6.08 Å². The third kappa shape index (κ3) is 4.22. The number of aromatic hydroxyl groups is 1. The van der Waals surface area contributed by atoms with Gasteiger partial charge in [-0.1, -0.05) is 35.8 Å². The molecule has 3 rings (SSSR count). The summed E-state index contributed by atoms with van der Waals surface area (Å²) in [6, 6.07) is 7.12. The van der Waals surface area contributed by atoms with Crippen LogP contribution in [-0.4, -0.2) is 11.5 Å². The zero-order valence-corrected chi connectivity index (χ0v) is 21.4. The number of hydrogen-bond acceptors (Lipinski definition) is 2. The van der Waals surface area contributed by atoms with Crippen LogP contribution in [-0.2, 0) is 0 Å². The van der Waals surface area contributed by atoms with Crippen molar-refractivity contribution in [1.82, 2.24) is 0 Å². The van der Waals surface area contributed by atoms with E-state index in [1.54, 1.807) is 0 Å². The summed E-state index contributed by atoms with van der Waals surface area (Å²) < 4.78 is 68.7. The molecule has 2 aromatic carbocycles. The number of ether oxygens (including phenoxy) is 1. The van der Waals surface area contributed by atoms with Crippen LogP contribution in [0, 0.1) is 23.6 Å². The van der Waals surface area contributed by atoms with Crippen LogP contribution >= 0.6 is 0 Å². The fourth-order valence-electron chi connectivity index (χ4n) is 3.05. The fraction of sp³-hybridized carbons (Fsp3) is 0.300. The van der Waals surface area contributed by atoms with Crippen molar-refractivity contribution in [3.63, 3.8) is 0 Å². The van der Waals surface area contributed by atoms with Gasteiger partial charge in [0, 0.05) is 5.82 Å². The standard InChI is InChI=1S/C20H16F5O2.Rf/c1-11-2-4-12(5-3-11)14-7-6-13(10-16(14)21)15-8-9-17(18(22)19(15)26)27-20(23,24)25;/h4,6-9,11,26H,2-3,5H2,1H3;/q-1;. The molecular formula is C20H16F5O2Rf-. The number of benzene rings is 2. The predicted molar refractivity (Wildman–Crippen MR) is 90.0 cm³/mol.